The molecule has 0 saturated carbocycles. The smallest absolute Gasteiger partial charge is 0.0950 e. The van der Waals surface area contributed by atoms with E-state index in [9.17, 15) is 0 Å². The number of nitrogens with zero attached hydrogens (tertiary/aromatic N) is 1. The average molecular weight is 236 g/mol. The van der Waals surface area contributed by atoms with Gasteiger partial charge in [0.2, 0.25) is 0 Å². The van der Waals surface area contributed by atoms with Crippen LogP contribution in [0.5, 0.6) is 0 Å². The summed E-state index contributed by atoms with van der Waals surface area (Å²) < 4.78 is 5.05. The standard InChI is InChI=1S/C12H16N2OS/c1-9(11-4-6-15-7-11)13-5-3-12-8-16-10(2)14-12/h4,6-9,13H,3,5H2,1-2H3. The van der Waals surface area contributed by atoms with Gasteiger partial charge in [0.15, 0.2) is 0 Å². The van der Waals surface area contributed by atoms with Crippen LogP contribution in [0.2, 0.25) is 0 Å². The highest BCUT2D eigenvalue weighted by atomic mass is 32.1. The lowest BCUT2D eigenvalue weighted by atomic mass is 10.2. The van der Waals surface area contributed by atoms with Crippen molar-refractivity contribution in [1.29, 1.82) is 0 Å². The Morgan fingerprint density at radius 1 is 1.56 bits per heavy atom. The molecule has 0 aromatic carbocycles. The normalized spacial score (nSPS) is 12.9. The lowest BCUT2D eigenvalue weighted by Gasteiger charge is -2.10. The first-order valence-corrected chi connectivity index (χ1v) is 6.30. The summed E-state index contributed by atoms with van der Waals surface area (Å²) in [5, 5.41) is 6.71. The molecule has 0 saturated heterocycles. The molecule has 2 aromatic rings. The largest absolute Gasteiger partial charge is 0.472 e. The van der Waals surface area contributed by atoms with Crippen LogP contribution in [0, 0.1) is 6.92 Å². The van der Waals surface area contributed by atoms with E-state index >= 15 is 0 Å². The predicted octanol–water partition coefficient (Wildman–Crippen LogP) is 2.94. The molecule has 3 nitrogen and oxygen atoms in total. The van der Waals surface area contributed by atoms with Crippen molar-refractivity contribution in [3.8, 4) is 0 Å². The minimum Gasteiger partial charge on any atom is -0.472 e. The van der Waals surface area contributed by atoms with E-state index in [1.54, 1.807) is 23.9 Å². The summed E-state index contributed by atoms with van der Waals surface area (Å²) >= 11 is 1.71. The molecule has 1 atom stereocenters. The van der Waals surface area contributed by atoms with E-state index in [0.29, 0.717) is 6.04 Å². The lowest BCUT2D eigenvalue weighted by Crippen LogP contribution is -2.21. The quantitative estimate of drug-likeness (QED) is 0.867. The molecular weight excluding hydrogens is 220 g/mol. The minimum absolute atomic E-state index is 0.332. The zero-order valence-corrected chi connectivity index (χ0v) is 10.4. The van der Waals surface area contributed by atoms with Gasteiger partial charge in [0.1, 0.15) is 0 Å². The van der Waals surface area contributed by atoms with E-state index in [4.69, 9.17) is 4.42 Å². The van der Waals surface area contributed by atoms with E-state index < -0.39 is 0 Å². The number of thiazole rings is 1. The molecule has 86 valence electrons. The van der Waals surface area contributed by atoms with Gasteiger partial charge in [-0.15, -0.1) is 11.3 Å². The Balaban J connectivity index is 1.76. The van der Waals surface area contributed by atoms with Crippen LogP contribution in [0.25, 0.3) is 0 Å². The van der Waals surface area contributed by atoms with E-state index in [1.165, 1.54) is 11.3 Å². The van der Waals surface area contributed by atoms with E-state index in [-0.39, 0.29) is 0 Å². The van der Waals surface area contributed by atoms with Crippen LogP contribution in [0.1, 0.15) is 29.2 Å². The molecule has 1 unspecified atom stereocenters. The van der Waals surface area contributed by atoms with Crippen molar-refractivity contribution in [1.82, 2.24) is 10.3 Å². The topological polar surface area (TPSA) is 38.1 Å². The van der Waals surface area contributed by atoms with Crippen LogP contribution in [-0.4, -0.2) is 11.5 Å². The van der Waals surface area contributed by atoms with Gasteiger partial charge < -0.3 is 9.73 Å². The molecule has 0 fully saturated rings. The molecule has 1 N–H and O–H groups in total. The molecule has 0 spiro atoms. The lowest BCUT2D eigenvalue weighted by molar-refractivity contribution is 0.539. The van der Waals surface area contributed by atoms with Gasteiger partial charge in [0.05, 0.1) is 23.2 Å². The maximum absolute atomic E-state index is 5.05. The highest BCUT2D eigenvalue weighted by Crippen LogP contribution is 2.12. The molecule has 0 aliphatic rings. The van der Waals surface area contributed by atoms with Gasteiger partial charge in [0.25, 0.3) is 0 Å². The third kappa shape index (κ3) is 2.93. The summed E-state index contributed by atoms with van der Waals surface area (Å²) in [6, 6.07) is 2.32. The van der Waals surface area contributed by atoms with Crippen LogP contribution >= 0.6 is 11.3 Å². The van der Waals surface area contributed by atoms with Crippen molar-refractivity contribution in [2.45, 2.75) is 26.3 Å². The molecule has 0 amide bonds. The van der Waals surface area contributed by atoms with Gasteiger partial charge in [-0.1, -0.05) is 0 Å². The Labute approximate surface area is 99.5 Å². The fourth-order valence-electron chi connectivity index (χ4n) is 1.58. The predicted molar refractivity (Wildman–Crippen MR) is 65.7 cm³/mol. The molecular formula is C12H16N2OS. The molecule has 16 heavy (non-hydrogen) atoms. The number of rotatable bonds is 5. The Hall–Kier alpha value is -1.13. The molecule has 0 aliphatic carbocycles. The second-order valence-electron chi connectivity index (χ2n) is 3.84. The fraction of sp³-hybridized carbons (Fsp3) is 0.417. The van der Waals surface area contributed by atoms with Crippen LogP contribution in [-0.2, 0) is 6.42 Å². The van der Waals surface area contributed by atoms with Gasteiger partial charge in [0, 0.05) is 30.0 Å². The summed E-state index contributed by atoms with van der Waals surface area (Å²) in [7, 11) is 0. The number of aromatic nitrogens is 1. The SMILES string of the molecule is Cc1nc(CCNC(C)c2ccoc2)cs1. The average Bonchev–Trinajstić information content (AvgIpc) is 2.89. The van der Waals surface area contributed by atoms with Crippen molar-refractivity contribution in [2.75, 3.05) is 6.54 Å². The number of hydrogen-bond donors (Lipinski definition) is 1. The van der Waals surface area contributed by atoms with Crippen molar-refractivity contribution in [3.63, 3.8) is 0 Å². The number of hydrogen-bond acceptors (Lipinski definition) is 4. The third-order valence-electron chi connectivity index (χ3n) is 2.54. The maximum Gasteiger partial charge on any atom is 0.0950 e. The minimum atomic E-state index is 0.332. The van der Waals surface area contributed by atoms with Crippen molar-refractivity contribution < 1.29 is 4.42 Å². The first-order chi connectivity index (χ1) is 7.75. The summed E-state index contributed by atoms with van der Waals surface area (Å²) in [5.41, 5.74) is 2.36. The molecule has 4 heteroatoms. The number of furan rings is 1. The molecule has 2 rings (SSSR count). The Kier molecular flexibility index (Phi) is 3.74. The highest BCUT2D eigenvalue weighted by molar-refractivity contribution is 7.09. The first-order valence-electron chi connectivity index (χ1n) is 5.42. The molecule has 0 bridgehead atoms. The molecule has 2 heterocycles. The van der Waals surface area contributed by atoms with Gasteiger partial charge >= 0.3 is 0 Å². The Bertz CT molecular complexity index is 422. The number of nitrogens with one attached hydrogen (secondary N) is 1. The third-order valence-corrected chi connectivity index (χ3v) is 3.36. The molecule has 0 aliphatic heterocycles. The molecule has 2 aromatic heterocycles. The summed E-state index contributed by atoms with van der Waals surface area (Å²) in [6.45, 7) is 5.11. The number of aryl methyl sites for hydroxylation is 1. The summed E-state index contributed by atoms with van der Waals surface area (Å²) in [6.07, 6.45) is 4.47. The van der Waals surface area contributed by atoms with E-state index in [1.807, 2.05) is 13.0 Å². The van der Waals surface area contributed by atoms with Gasteiger partial charge in [-0.05, 0) is 19.9 Å². The Morgan fingerprint density at radius 2 is 2.44 bits per heavy atom. The van der Waals surface area contributed by atoms with E-state index in [0.717, 1.165) is 18.0 Å². The fourth-order valence-corrected chi connectivity index (χ4v) is 2.23. The van der Waals surface area contributed by atoms with Gasteiger partial charge in [-0.3, -0.25) is 0 Å². The summed E-state index contributed by atoms with van der Waals surface area (Å²) in [4.78, 5) is 4.43. The maximum atomic E-state index is 5.05. The zero-order valence-electron chi connectivity index (χ0n) is 9.56. The van der Waals surface area contributed by atoms with Crippen LogP contribution in [0.15, 0.2) is 28.4 Å². The van der Waals surface area contributed by atoms with Crippen molar-refractivity contribution in [2.24, 2.45) is 0 Å². The first kappa shape index (κ1) is 11.4. The zero-order chi connectivity index (χ0) is 11.4. The second kappa shape index (κ2) is 5.27. The van der Waals surface area contributed by atoms with Crippen LogP contribution in [0.4, 0.5) is 0 Å². The van der Waals surface area contributed by atoms with Gasteiger partial charge in [-0.2, -0.15) is 0 Å². The van der Waals surface area contributed by atoms with Gasteiger partial charge in [-0.25, -0.2) is 4.98 Å². The summed E-state index contributed by atoms with van der Waals surface area (Å²) in [5.74, 6) is 0. The van der Waals surface area contributed by atoms with Crippen molar-refractivity contribution >= 4 is 11.3 Å². The van der Waals surface area contributed by atoms with Crippen molar-refractivity contribution in [3.05, 3.63) is 40.2 Å². The molecule has 0 radical (unpaired) electrons. The van der Waals surface area contributed by atoms with Crippen LogP contribution in [0.3, 0.4) is 0 Å². The Morgan fingerprint density at radius 3 is 3.06 bits per heavy atom. The van der Waals surface area contributed by atoms with Crippen LogP contribution < -0.4 is 5.32 Å². The highest BCUT2D eigenvalue weighted by Gasteiger charge is 2.05. The second-order valence-corrected chi connectivity index (χ2v) is 4.90. The van der Waals surface area contributed by atoms with E-state index in [2.05, 4.69) is 22.6 Å². The monoisotopic (exact) mass is 236 g/mol.